The molecule has 1 aromatic carbocycles. The lowest BCUT2D eigenvalue weighted by molar-refractivity contribution is 0.538. The van der Waals surface area contributed by atoms with Gasteiger partial charge in [0.2, 0.25) is 0 Å². The van der Waals surface area contributed by atoms with Gasteiger partial charge in [-0.05, 0) is 31.2 Å². The highest BCUT2D eigenvalue weighted by molar-refractivity contribution is 9.10. The summed E-state index contributed by atoms with van der Waals surface area (Å²) in [5.74, 6) is 1.01. The predicted molar refractivity (Wildman–Crippen MR) is 77.9 cm³/mol. The molecule has 1 N–H and O–H groups in total. The lowest BCUT2D eigenvalue weighted by Gasteiger charge is -2.17. The summed E-state index contributed by atoms with van der Waals surface area (Å²) in [6.45, 7) is 0. The Bertz CT molecular complexity index is 539. The van der Waals surface area contributed by atoms with Crippen molar-refractivity contribution in [1.82, 2.24) is 14.9 Å². The number of aromatic nitrogens is 2. The predicted octanol–water partition coefficient (Wildman–Crippen LogP) is 3.34. The van der Waals surface area contributed by atoms with Gasteiger partial charge in [-0.25, -0.2) is 4.98 Å². The van der Waals surface area contributed by atoms with E-state index in [0.29, 0.717) is 0 Å². The summed E-state index contributed by atoms with van der Waals surface area (Å²) >= 11 is 9.66. The van der Waals surface area contributed by atoms with Crippen molar-refractivity contribution in [2.45, 2.75) is 12.5 Å². The third-order valence-electron chi connectivity index (χ3n) is 2.96. The minimum absolute atomic E-state index is 0.156. The van der Waals surface area contributed by atoms with Gasteiger partial charge in [0.05, 0.1) is 6.04 Å². The number of nitrogens with one attached hydrogen (secondary N) is 1. The monoisotopic (exact) mass is 327 g/mol. The molecule has 0 fully saturated rings. The number of hydrogen-bond acceptors (Lipinski definition) is 2. The van der Waals surface area contributed by atoms with E-state index in [9.17, 15) is 0 Å². The number of imidazole rings is 1. The minimum atomic E-state index is 0.156. The first-order chi connectivity index (χ1) is 8.61. The van der Waals surface area contributed by atoms with Gasteiger partial charge in [-0.2, -0.15) is 0 Å². The zero-order chi connectivity index (χ0) is 13.1. The molecule has 3 nitrogen and oxygen atoms in total. The van der Waals surface area contributed by atoms with Crippen LogP contribution in [0.4, 0.5) is 0 Å². The molecule has 0 amide bonds. The molecule has 2 aromatic rings. The smallest absolute Gasteiger partial charge is 0.125 e. The number of hydrogen-bond donors (Lipinski definition) is 1. The van der Waals surface area contributed by atoms with Crippen LogP contribution in [-0.4, -0.2) is 16.6 Å². The minimum Gasteiger partial charge on any atom is -0.337 e. The standard InChI is InChI=1S/C13H15BrClN3/c1-16-12(13-17-5-6-18(13)2)7-9-3-4-10(14)8-11(9)15/h3-6,8,12,16H,7H2,1-2H3. The Balaban J connectivity index is 2.23. The maximum absolute atomic E-state index is 6.25. The van der Waals surface area contributed by atoms with Crippen molar-refractivity contribution in [1.29, 1.82) is 0 Å². The maximum Gasteiger partial charge on any atom is 0.125 e. The van der Waals surface area contributed by atoms with Gasteiger partial charge in [0.15, 0.2) is 0 Å². The molecule has 1 aromatic heterocycles. The van der Waals surface area contributed by atoms with Crippen LogP contribution >= 0.6 is 27.5 Å². The molecular formula is C13H15BrClN3. The van der Waals surface area contributed by atoms with Crippen LogP contribution in [0.15, 0.2) is 35.1 Å². The largest absolute Gasteiger partial charge is 0.337 e. The summed E-state index contributed by atoms with van der Waals surface area (Å²) in [6, 6.07) is 6.12. The topological polar surface area (TPSA) is 29.9 Å². The Morgan fingerprint density at radius 2 is 2.28 bits per heavy atom. The third kappa shape index (κ3) is 2.94. The van der Waals surface area contributed by atoms with E-state index in [1.807, 2.05) is 49.3 Å². The summed E-state index contributed by atoms with van der Waals surface area (Å²) in [4.78, 5) is 4.38. The molecule has 0 radical (unpaired) electrons. The molecule has 1 unspecified atom stereocenters. The average molecular weight is 329 g/mol. The van der Waals surface area contributed by atoms with E-state index in [4.69, 9.17) is 11.6 Å². The summed E-state index contributed by atoms with van der Waals surface area (Å²) in [7, 11) is 3.93. The molecule has 0 spiro atoms. The molecule has 0 aliphatic rings. The molecule has 0 saturated carbocycles. The van der Waals surface area contributed by atoms with Crippen molar-refractivity contribution in [3.63, 3.8) is 0 Å². The summed E-state index contributed by atoms with van der Waals surface area (Å²) in [5.41, 5.74) is 1.11. The summed E-state index contributed by atoms with van der Waals surface area (Å²) < 4.78 is 3.02. The number of likely N-dealkylation sites (N-methyl/N-ethyl adjacent to an activating group) is 1. The molecule has 0 aliphatic carbocycles. The Morgan fingerprint density at radius 3 is 2.83 bits per heavy atom. The second-order valence-electron chi connectivity index (χ2n) is 4.18. The number of halogens is 2. The van der Waals surface area contributed by atoms with Gasteiger partial charge in [0.1, 0.15) is 5.82 Å². The van der Waals surface area contributed by atoms with Crippen molar-refractivity contribution in [3.8, 4) is 0 Å². The van der Waals surface area contributed by atoms with Crippen molar-refractivity contribution in [2.24, 2.45) is 7.05 Å². The molecule has 0 aliphatic heterocycles. The number of aryl methyl sites for hydroxylation is 1. The van der Waals surface area contributed by atoms with Crippen LogP contribution in [0.3, 0.4) is 0 Å². The highest BCUT2D eigenvalue weighted by atomic mass is 79.9. The molecule has 2 rings (SSSR count). The van der Waals surface area contributed by atoms with Gasteiger partial charge in [-0.15, -0.1) is 0 Å². The van der Waals surface area contributed by atoms with Gasteiger partial charge >= 0.3 is 0 Å². The van der Waals surface area contributed by atoms with Gasteiger partial charge < -0.3 is 9.88 Å². The van der Waals surface area contributed by atoms with Gasteiger partial charge in [-0.1, -0.05) is 33.6 Å². The van der Waals surface area contributed by atoms with Crippen LogP contribution in [0.25, 0.3) is 0 Å². The van der Waals surface area contributed by atoms with Gasteiger partial charge in [0, 0.05) is 28.9 Å². The van der Waals surface area contributed by atoms with Crippen molar-refractivity contribution in [2.75, 3.05) is 7.05 Å². The number of nitrogens with zero attached hydrogens (tertiary/aromatic N) is 2. The molecular weight excluding hydrogens is 314 g/mol. The lowest BCUT2D eigenvalue weighted by Crippen LogP contribution is -2.22. The maximum atomic E-state index is 6.25. The highest BCUT2D eigenvalue weighted by Crippen LogP contribution is 2.25. The van der Waals surface area contributed by atoms with E-state index in [-0.39, 0.29) is 6.04 Å². The first kappa shape index (κ1) is 13.6. The summed E-state index contributed by atoms with van der Waals surface area (Å²) in [6.07, 6.45) is 4.57. The second kappa shape index (κ2) is 5.87. The normalized spacial score (nSPS) is 12.7. The van der Waals surface area contributed by atoms with E-state index in [0.717, 1.165) is 27.3 Å². The van der Waals surface area contributed by atoms with Gasteiger partial charge in [-0.3, -0.25) is 0 Å². The van der Waals surface area contributed by atoms with E-state index < -0.39 is 0 Å². The molecule has 1 atom stereocenters. The van der Waals surface area contributed by atoms with Crippen LogP contribution in [0, 0.1) is 0 Å². The Morgan fingerprint density at radius 1 is 1.50 bits per heavy atom. The molecule has 0 saturated heterocycles. The lowest BCUT2D eigenvalue weighted by atomic mass is 10.1. The quantitative estimate of drug-likeness (QED) is 0.933. The zero-order valence-electron chi connectivity index (χ0n) is 10.3. The van der Waals surface area contributed by atoms with Crippen LogP contribution in [0.2, 0.25) is 5.02 Å². The Hall–Kier alpha value is -0.840. The Kier molecular flexibility index (Phi) is 4.43. The Labute approximate surface area is 120 Å². The van der Waals surface area contributed by atoms with E-state index >= 15 is 0 Å². The van der Waals surface area contributed by atoms with E-state index in [1.54, 1.807) is 0 Å². The fourth-order valence-electron chi connectivity index (χ4n) is 1.94. The number of rotatable bonds is 4. The van der Waals surface area contributed by atoms with Crippen LogP contribution in [0.1, 0.15) is 17.4 Å². The number of benzene rings is 1. The SMILES string of the molecule is CNC(Cc1ccc(Br)cc1Cl)c1nccn1C. The fraction of sp³-hybridized carbons (Fsp3) is 0.308. The summed E-state index contributed by atoms with van der Waals surface area (Å²) in [5, 5.41) is 4.06. The third-order valence-corrected chi connectivity index (χ3v) is 3.80. The van der Waals surface area contributed by atoms with Gasteiger partial charge in [0.25, 0.3) is 0 Å². The van der Waals surface area contributed by atoms with E-state index in [1.165, 1.54) is 0 Å². The van der Waals surface area contributed by atoms with E-state index in [2.05, 4.69) is 26.2 Å². The second-order valence-corrected chi connectivity index (χ2v) is 5.50. The fourth-order valence-corrected chi connectivity index (χ4v) is 2.69. The molecule has 1 heterocycles. The van der Waals surface area contributed by atoms with Crippen LogP contribution in [0.5, 0.6) is 0 Å². The molecule has 96 valence electrons. The van der Waals surface area contributed by atoms with Crippen molar-refractivity contribution < 1.29 is 0 Å². The average Bonchev–Trinajstić information content (AvgIpc) is 2.75. The molecule has 18 heavy (non-hydrogen) atoms. The van der Waals surface area contributed by atoms with Crippen LogP contribution < -0.4 is 5.32 Å². The molecule has 5 heteroatoms. The van der Waals surface area contributed by atoms with Crippen molar-refractivity contribution in [3.05, 3.63) is 51.5 Å². The van der Waals surface area contributed by atoms with Crippen LogP contribution in [-0.2, 0) is 13.5 Å². The van der Waals surface area contributed by atoms with Crippen molar-refractivity contribution >= 4 is 27.5 Å². The highest BCUT2D eigenvalue weighted by Gasteiger charge is 2.15. The first-order valence-corrected chi connectivity index (χ1v) is 6.87. The first-order valence-electron chi connectivity index (χ1n) is 5.70. The zero-order valence-corrected chi connectivity index (χ0v) is 12.7. The molecule has 0 bridgehead atoms.